The highest BCUT2D eigenvalue weighted by molar-refractivity contribution is 9.11. The number of ether oxygens (including phenoxy) is 1. The van der Waals surface area contributed by atoms with Crippen LogP contribution in [0.1, 0.15) is 18.2 Å². The fourth-order valence-electron chi connectivity index (χ4n) is 2.00. The van der Waals surface area contributed by atoms with E-state index in [1.807, 2.05) is 0 Å². The van der Waals surface area contributed by atoms with Gasteiger partial charge in [0.2, 0.25) is 0 Å². The van der Waals surface area contributed by atoms with Gasteiger partial charge >= 0.3 is 5.69 Å². The number of rotatable bonds is 3. The summed E-state index contributed by atoms with van der Waals surface area (Å²) in [6.45, 7) is -0.204. The molecule has 8 heteroatoms. The largest absolute Gasteiger partial charge is 0.394 e. The number of aromatic nitrogens is 2. The Bertz CT molecular complexity index is 594. The van der Waals surface area contributed by atoms with Crippen LogP contribution >= 0.6 is 15.9 Å². The lowest BCUT2D eigenvalue weighted by atomic mass is 10.1. The Labute approximate surface area is 116 Å². The fourth-order valence-corrected chi connectivity index (χ4v) is 2.29. The number of aromatic amines is 1. The third kappa shape index (κ3) is 2.86. The monoisotopic (exact) mass is 331 g/mol. The van der Waals surface area contributed by atoms with Crippen LogP contribution < -0.4 is 17.0 Å². The summed E-state index contributed by atoms with van der Waals surface area (Å²) < 4.78 is 6.77. The molecule has 2 rings (SSSR count). The normalized spacial score (nSPS) is 27.2. The summed E-state index contributed by atoms with van der Waals surface area (Å²) in [5, 5.41) is 9.09. The molecule has 0 spiro atoms. The van der Waals surface area contributed by atoms with Crippen molar-refractivity contribution in [3.05, 3.63) is 37.6 Å². The number of aliphatic hydroxyl groups excluding tert-OH is 1. The van der Waals surface area contributed by atoms with E-state index in [1.54, 1.807) is 0 Å². The predicted octanol–water partition coefficient (Wildman–Crippen LogP) is -0.491. The first-order chi connectivity index (χ1) is 9.06. The van der Waals surface area contributed by atoms with E-state index >= 15 is 0 Å². The van der Waals surface area contributed by atoms with E-state index in [9.17, 15) is 9.59 Å². The molecule has 1 fully saturated rings. The second kappa shape index (κ2) is 5.83. The van der Waals surface area contributed by atoms with E-state index in [0.29, 0.717) is 12.0 Å². The van der Waals surface area contributed by atoms with Crippen molar-refractivity contribution in [2.24, 2.45) is 5.73 Å². The molecule has 0 saturated carbocycles. The van der Waals surface area contributed by atoms with Crippen molar-refractivity contribution in [3.8, 4) is 0 Å². The van der Waals surface area contributed by atoms with Gasteiger partial charge in [0, 0.05) is 18.7 Å². The summed E-state index contributed by atoms with van der Waals surface area (Å²) in [5.41, 5.74) is 5.08. The van der Waals surface area contributed by atoms with Gasteiger partial charge in [0.05, 0.1) is 18.3 Å². The zero-order chi connectivity index (χ0) is 14.0. The van der Waals surface area contributed by atoms with Crippen LogP contribution in [0.25, 0.3) is 6.08 Å². The Kier molecular flexibility index (Phi) is 4.35. The molecule has 1 aliphatic heterocycles. The molecule has 0 aromatic carbocycles. The zero-order valence-corrected chi connectivity index (χ0v) is 11.5. The zero-order valence-electron chi connectivity index (χ0n) is 9.95. The van der Waals surface area contributed by atoms with Crippen LogP contribution in [0.4, 0.5) is 0 Å². The molecule has 0 bridgehead atoms. The van der Waals surface area contributed by atoms with Crippen molar-refractivity contribution in [1.82, 2.24) is 9.55 Å². The van der Waals surface area contributed by atoms with Gasteiger partial charge in [-0.3, -0.25) is 14.3 Å². The minimum Gasteiger partial charge on any atom is -0.394 e. The highest BCUT2D eigenvalue weighted by Crippen LogP contribution is 2.25. The average molecular weight is 332 g/mol. The first-order valence-electron chi connectivity index (χ1n) is 5.71. The number of hydrogen-bond donors (Lipinski definition) is 3. The minimum atomic E-state index is -0.584. The molecule has 0 amide bonds. The van der Waals surface area contributed by atoms with Crippen LogP contribution in [-0.2, 0) is 4.74 Å². The molecule has 0 radical (unpaired) electrons. The lowest BCUT2D eigenvalue weighted by Gasteiger charge is -2.14. The molecular formula is C11H14BrN3O4. The van der Waals surface area contributed by atoms with Crippen molar-refractivity contribution in [3.63, 3.8) is 0 Å². The molecule has 1 aromatic heterocycles. The Morgan fingerprint density at radius 2 is 2.37 bits per heavy atom. The second-order valence-corrected chi connectivity index (χ2v) is 4.78. The van der Waals surface area contributed by atoms with E-state index in [-0.39, 0.29) is 12.6 Å². The molecule has 1 saturated heterocycles. The maximum absolute atomic E-state index is 11.8. The van der Waals surface area contributed by atoms with Crippen LogP contribution in [0, 0.1) is 0 Å². The SMILES string of the molecule is NC1C[C@H](n2cc(/C=C/Br)c(=O)[nH]c2=O)O[C@@H]1CO. The summed E-state index contributed by atoms with van der Waals surface area (Å²) in [6.07, 6.45) is 2.25. The summed E-state index contributed by atoms with van der Waals surface area (Å²) >= 11 is 3.07. The molecule has 1 aromatic rings. The Hall–Kier alpha value is -1.22. The van der Waals surface area contributed by atoms with Crippen molar-refractivity contribution in [2.75, 3.05) is 6.61 Å². The lowest BCUT2D eigenvalue weighted by molar-refractivity contribution is -0.0271. The predicted molar refractivity (Wildman–Crippen MR) is 72.9 cm³/mol. The molecule has 0 aliphatic carbocycles. The quantitative estimate of drug-likeness (QED) is 0.692. The number of halogens is 1. The van der Waals surface area contributed by atoms with Crippen LogP contribution in [0.3, 0.4) is 0 Å². The first-order valence-corrected chi connectivity index (χ1v) is 6.62. The maximum atomic E-state index is 11.8. The topological polar surface area (TPSA) is 110 Å². The summed E-state index contributed by atoms with van der Waals surface area (Å²) in [6, 6.07) is -0.344. The van der Waals surface area contributed by atoms with Gasteiger partial charge in [-0.1, -0.05) is 15.9 Å². The third-order valence-electron chi connectivity index (χ3n) is 3.01. The van der Waals surface area contributed by atoms with Crippen molar-refractivity contribution < 1.29 is 9.84 Å². The number of nitrogens with zero attached hydrogens (tertiary/aromatic N) is 1. The molecule has 3 atom stereocenters. The van der Waals surface area contributed by atoms with Crippen molar-refractivity contribution in [1.29, 1.82) is 0 Å². The number of hydrogen-bond acceptors (Lipinski definition) is 5. The number of H-pyrrole nitrogens is 1. The van der Waals surface area contributed by atoms with Gasteiger partial charge in [0.1, 0.15) is 6.23 Å². The van der Waals surface area contributed by atoms with E-state index in [2.05, 4.69) is 20.9 Å². The van der Waals surface area contributed by atoms with Crippen LogP contribution in [-0.4, -0.2) is 33.4 Å². The minimum absolute atomic E-state index is 0.204. The number of nitrogens with two attached hydrogens (primary N) is 1. The Morgan fingerprint density at radius 1 is 1.63 bits per heavy atom. The van der Waals surface area contributed by atoms with Crippen LogP contribution in [0.15, 0.2) is 20.8 Å². The number of nitrogens with one attached hydrogen (secondary N) is 1. The van der Waals surface area contributed by atoms with Gasteiger partial charge < -0.3 is 15.6 Å². The number of aliphatic hydroxyl groups is 1. The first kappa shape index (κ1) is 14.2. The second-order valence-electron chi connectivity index (χ2n) is 4.25. The van der Waals surface area contributed by atoms with Gasteiger partial charge in [-0.15, -0.1) is 0 Å². The molecule has 1 aliphatic rings. The summed E-state index contributed by atoms with van der Waals surface area (Å²) in [7, 11) is 0. The highest BCUT2D eigenvalue weighted by Gasteiger charge is 2.33. The molecule has 1 unspecified atom stereocenters. The van der Waals surface area contributed by atoms with Crippen LogP contribution in [0.5, 0.6) is 0 Å². The van der Waals surface area contributed by atoms with Gasteiger partial charge in [0.15, 0.2) is 0 Å². The smallest absolute Gasteiger partial charge is 0.330 e. The van der Waals surface area contributed by atoms with E-state index in [1.165, 1.54) is 21.8 Å². The van der Waals surface area contributed by atoms with E-state index < -0.39 is 23.6 Å². The molecule has 4 N–H and O–H groups in total. The molecular weight excluding hydrogens is 318 g/mol. The van der Waals surface area contributed by atoms with Crippen LogP contribution in [0.2, 0.25) is 0 Å². The van der Waals surface area contributed by atoms with E-state index in [4.69, 9.17) is 15.6 Å². The van der Waals surface area contributed by atoms with E-state index in [0.717, 1.165) is 0 Å². The van der Waals surface area contributed by atoms with Gasteiger partial charge in [-0.25, -0.2) is 4.79 Å². The van der Waals surface area contributed by atoms with Crippen molar-refractivity contribution >= 4 is 22.0 Å². The highest BCUT2D eigenvalue weighted by atomic mass is 79.9. The summed E-state index contributed by atoms with van der Waals surface area (Å²) in [4.78, 5) is 27.0. The molecule has 2 heterocycles. The Balaban J connectivity index is 2.38. The lowest BCUT2D eigenvalue weighted by Crippen LogP contribution is -2.33. The maximum Gasteiger partial charge on any atom is 0.330 e. The summed E-state index contributed by atoms with van der Waals surface area (Å²) in [5.74, 6) is 0. The van der Waals surface area contributed by atoms with Gasteiger partial charge in [-0.05, 0) is 11.1 Å². The van der Waals surface area contributed by atoms with Crippen molar-refractivity contribution in [2.45, 2.75) is 24.8 Å². The Morgan fingerprint density at radius 3 is 2.95 bits per heavy atom. The van der Waals surface area contributed by atoms with Gasteiger partial charge in [-0.2, -0.15) is 0 Å². The fraction of sp³-hybridized carbons (Fsp3) is 0.455. The molecule has 19 heavy (non-hydrogen) atoms. The molecule has 7 nitrogen and oxygen atoms in total. The van der Waals surface area contributed by atoms with Gasteiger partial charge in [0.25, 0.3) is 5.56 Å². The third-order valence-corrected chi connectivity index (χ3v) is 3.28. The molecule has 104 valence electrons. The average Bonchev–Trinajstić information content (AvgIpc) is 2.74. The standard InChI is InChI=1S/C11H14BrN3O4/c12-2-1-6-4-15(11(18)14-10(6)17)9-3-7(13)8(5-16)19-9/h1-2,4,7-9,16H,3,5,13H2,(H,14,17,18)/b2-1+/t7?,8-,9-/m1/s1.